The third kappa shape index (κ3) is 3.09. The van der Waals surface area contributed by atoms with Gasteiger partial charge in [-0.3, -0.25) is 9.59 Å². The van der Waals surface area contributed by atoms with Crippen molar-refractivity contribution in [1.29, 1.82) is 0 Å². The number of rotatable bonds is 2. The number of aliphatic hydroxyl groups excluding tert-OH is 2. The number of carbonyl (C=O) groups excluding carboxylic acids is 2. The Labute approximate surface area is 167 Å². The average Bonchev–Trinajstić information content (AvgIpc) is 2.97. The molecule has 0 spiro atoms. The number of aliphatic hydroxyl groups is 2. The zero-order valence-corrected chi connectivity index (χ0v) is 17.5. The summed E-state index contributed by atoms with van der Waals surface area (Å²) in [6.07, 6.45) is 1.63. The van der Waals surface area contributed by atoms with E-state index in [1.807, 2.05) is 0 Å². The molecule has 2 bridgehead atoms. The first-order chi connectivity index (χ1) is 13.0. The van der Waals surface area contributed by atoms with Gasteiger partial charge < -0.3 is 19.7 Å². The summed E-state index contributed by atoms with van der Waals surface area (Å²) in [6, 6.07) is 0. The van der Waals surface area contributed by atoms with Gasteiger partial charge in [0, 0.05) is 18.8 Å². The lowest BCUT2D eigenvalue weighted by molar-refractivity contribution is -0.192. The van der Waals surface area contributed by atoms with Gasteiger partial charge in [-0.2, -0.15) is 0 Å². The Bertz CT molecular complexity index is 660. The Kier molecular flexibility index (Phi) is 5.43. The van der Waals surface area contributed by atoms with Crippen LogP contribution in [0.5, 0.6) is 0 Å². The molecule has 0 saturated heterocycles. The molecule has 6 atom stereocenters. The summed E-state index contributed by atoms with van der Waals surface area (Å²) in [7, 11) is 1.33. The molecule has 28 heavy (non-hydrogen) atoms. The normalized spacial score (nSPS) is 40.9. The summed E-state index contributed by atoms with van der Waals surface area (Å²) in [4.78, 5) is 25.5. The van der Waals surface area contributed by atoms with Gasteiger partial charge in [-0.15, -0.1) is 0 Å². The minimum absolute atomic E-state index is 0.134. The lowest BCUT2D eigenvalue weighted by Crippen LogP contribution is -2.60. The summed E-state index contributed by atoms with van der Waals surface area (Å²) in [5.74, 6) is -1.23. The van der Waals surface area contributed by atoms with Crippen molar-refractivity contribution in [2.45, 2.75) is 84.0 Å². The van der Waals surface area contributed by atoms with Crippen LogP contribution in [0.3, 0.4) is 0 Å². The van der Waals surface area contributed by atoms with Gasteiger partial charge in [-0.25, -0.2) is 0 Å². The standard InChI is InChI=1S/C22H34O6/c1-13-11-14(28-18(25)20(2,3)4)12-16(24)22(19(26)27-5)9-6-8-21(13)10-7-15(23)17(21)22/h14-17,23-24H,1,6-12H2,2-5H3/t14?,15-,16+,17+,21-,22+/m0/s1. The van der Waals surface area contributed by atoms with Gasteiger partial charge in [-0.1, -0.05) is 18.6 Å². The van der Waals surface area contributed by atoms with E-state index < -0.39 is 46.4 Å². The Balaban J connectivity index is 2.04. The van der Waals surface area contributed by atoms with Gasteiger partial charge in [0.15, 0.2) is 0 Å². The van der Waals surface area contributed by atoms with Gasteiger partial charge in [0.05, 0.1) is 30.1 Å². The minimum atomic E-state index is -1.20. The molecule has 0 heterocycles. The molecular formula is C22H34O6. The predicted octanol–water partition coefficient (Wildman–Crippen LogP) is 2.76. The SMILES string of the molecule is C=C1CC(OC(=O)C(C)(C)C)C[C@@H](O)[C@]2(C(=O)OC)CCC[C@]13CC[C@H](O)[C@H]32. The van der Waals surface area contributed by atoms with Crippen molar-refractivity contribution in [3.63, 3.8) is 0 Å². The molecule has 2 N–H and O–H groups in total. The van der Waals surface area contributed by atoms with Crippen LogP contribution < -0.4 is 0 Å². The fraction of sp³-hybridized carbons (Fsp3) is 0.818. The van der Waals surface area contributed by atoms with E-state index in [1.165, 1.54) is 7.11 Å². The minimum Gasteiger partial charge on any atom is -0.469 e. The van der Waals surface area contributed by atoms with E-state index in [0.29, 0.717) is 19.3 Å². The Morgan fingerprint density at radius 3 is 2.46 bits per heavy atom. The van der Waals surface area contributed by atoms with E-state index >= 15 is 0 Å². The second kappa shape index (κ2) is 7.13. The molecule has 3 aliphatic carbocycles. The van der Waals surface area contributed by atoms with Crippen LogP contribution in [-0.2, 0) is 19.1 Å². The maximum Gasteiger partial charge on any atom is 0.314 e. The second-order valence-corrected chi connectivity index (χ2v) is 9.96. The van der Waals surface area contributed by atoms with Crippen LogP contribution in [0.2, 0.25) is 0 Å². The second-order valence-electron chi connectivity index (χ2n) is 9.96. The lowest BCUT2D eigenvalue weighted by Gasteiger charge is -2.55. The summed E-state index contributed by atoms with van der Waals surface area (Å²) in [5, 5.41) is 22.1. The molecule has 3 aliphatic rings. The zero-order valence-electron chi connectivity index (χ0n) is 17.5. The van der Waals surface area contributed by atoms with Crippen molar-refractivity contribution in [1.82, 2.24) is 0 Å². The topological polar surface area (TPSA) is 93.1 Å². The predicted molar refractivity (Wildman–Crippen MR) is 103 cm³/mol. The molecule has 0 aromatic carbocycles. The Morgan fingerprint density at radius 2 is 1.86 bits per heavy atom. The number of hydrogen-bond donors (Lipinski definition) is 2. The van der Waals surface area contributed by atoms with Crippen molar-refractivity contribution < 1.29 is 29.3 Å². The fourth-order valence-corrected chi connectivity index (χ4v) is 6.01. The maximum atomic E-state index is 13.0. The van der Waals surface area contributed by atoms with Crippen LogP contribution in [0.15, 0.2) is 12.2 Å². The largest absolute Gasteiger partial charge is 0.469 e. The maximum absolute atomic E-state index is 13.0. The number of ether oxygens (including phenoxy) is 2. The third-order valence-electron chi connectivity index (χ3n) is 7.35. The summed E-state index contributed by atoms with van der Waals surface area (Å²) in [6.45, 7) is 9.69. The number of hydrogen-bond acceptors (Lipinski definition) is 6. The molecule has 0 aromatic heterocycles. The van der Waals surface area contributed by atoms with Crippen LogP contribution in [0, 0.1) is 22.2 Å². The van der Waals surface area contributed by atoms with Crippen molar-refractivity contribution in [2.75, 3.05) is 7.11 Å². The highest BCUT2D eigenvalue weighted by Crippen LogP contribution is 2.65. The van der Waals surface area contributed by atoms with E-state index in [1.54, 1.807) is 20.8 Å². The van der Waals surface area contributed by atoms with Gasteiger partial charge in [0.2, 0.25) is 0 Å². The van der Waals surface area contributed by atoms with Crippen molar-refractivity contribution in [3.8, 4) is 0 Å². The smallest absolute Gasteiger partial charge is 0.314 e. The first kappa shape index (κ1) is 21.3. The van der Waals surface area contributed by atoms with Crippen LogP contribution in [0.4, 0.5) is 0 Å². The first-order valence-electron chi connectivity index (χ1n) is 10.3. The molecule has 3 rings (SSSR count). The summed E-state index contributed by atoms with van der Waals surface area (Å²) >= 11 is 0. The average molecular weight is 395 g/mol. The Hall–Kier alpha value is -1.40. The third-order valence-corrected chi connectivity index (χ3v) is 7.35. The summed E-state index contributed by atoms with van der Waals surface area (Å²) < 4.78 is 10.9. The fourth-order valence-electron chi connectivity index (χ4n) is 6.01. The highest BCUT2D eigenvalue weighted by atomic mass is 16.5. The van der Waals surface area contributed by atoms with E-state index in [0.717, 1.165) is 24.8 Å². The number of carbonyl (C=O) groups is 2. The van der Waals surface area contributed by atoms with E-state index in [9.17, 15) is 19.8 Å². The number of methoxy groups -OCH3 is 1. The van der Waals surface area contributed by atoms with Gasteiger partial charge in [0.1, 0.15) is 6.10 Å². The van der Waals surface area contributed by atoms with Crippen LogP contribution >= 0.6 is 0 Å². The molecule has 3 saturated carbocycles. The Morgan fingerprint density at radius 1 is 1.18 bits per heavy atom. The molecule has 0 radical (unpaired) electrons. The molecule has 0 aromatic rings. The molecule has 3 fully saturated rings. The van der Waals surface area contributed by atoms with Crippen LogP contribution in [0.25, 0.3) is 0 Å². The van der Waals surface area contributed by atoms with Gasteiger partial charge in [-0.05, 0) is 51.9 Å². The molecule has 6 heteroatoms. The summed E-state index contributed by atoms with van der Waals surface area (Å²) in [5.41, 5.74) is -1.37. The zero-order chi connectivity index (χ0) is 20.9. The van der Waals surface area contributed by atoms with Crippen molar-refractivity contribution >= 4 is 11.9 Å². The number of esters is 2. The molecule has 0 aliphatic heterocycles. The molecule has 6 nitrogen and oxygen atoms in total. The lowest BCUT2D eigenvalue weighted by atomic mass is 9.49. The highest BCUT2D eigenvalue weighted by Gasteiger charge is 2.67. The molecule has 1 unspecified atom stereocenters. The van der Waals surface area contributed by atoms with Crippen LogP contribution in [0.1, 0.15) is 65.7 Å². The van der Waals surface area contributed by atoms with Crippen molar-refractivity contribution in [2.24, 2.45) is 22.2 Å². The van der Waals surface area contributed by atoms with Crippen molar-refractivity contribution in [3.05, 3.63) is 12.2 Å². The van der Waals surface area contributed by atoms with Crippen LogP contribution in [-0.4, -0.2) is 47.6 Å². The monoisotopic (exact) mass is 394 g/mol. The van der Waals surface area contributed by atoms with E-state index in [2.05, 4.69) is 6.58 Å². The highest BCUT2D eigenvalue weighted by molar-refractivity contribution is 5.79. The van der Waals surface area contributed by atoms with Gasteiger partial charge >= 0.3 is 11.9 Å². The molecular weight excluding hydrogens is 360 g/mol. The molecule has 0 amide bonds. The quantitative estimate of drug-likeness (QED) is 0.553. The first-order valence-corrected chi connectivity index (χ1v) is 10.3. The van der Waals surface area contributed by atoms with E-state index in [4.69, 9.17) is 9.47 Å². The molecule has 158 valence electrons. The van der Waals surface area contributed by atoms with E-state index in [-0.39, 0.29) is 12.4 Å². The van der Waals surface area contributed by atoms with Gasteiger partial charge in [0.25, 0.3) is 0 Å².